The lowest BCUT2D eigenvalue weighted by Gasteiger charge is -2.11. The molecule has 0 unspecified atom stereocenters. The molecule has 0 aliphatic rings. The number of rotatable bonds is 6. The number of carbonyl (C=O) groups excluding carboxylic acids is 1. The highest BCUT2D eigenvalue weighted by Crippen LogP contribution is 2.14. The Balaban J connectivity index is 2.34. The summed E-state index contributed by atoms with van der Waals surface area (Å²) in [6.45, 7) is 0.319. The molecule has 1 aromatic carbocycles. The zero-order valence-electron chi connectivity index (χ0n) is 9.70. The minimum absolute atomic E-state index is 0.319. The number of nitrogens with two attached hydrogens (primary N) is 1. The smallest absolute Gasteiger partial charge is 0.240 e. The zero-order valence-corrected chi connectivity index (χ0v) is 10.5. The molecule has 0 bridgehead atoms. The van der Waals surface area contributed by atoms with Gasteiger partial charge in [0.25, 0.3) is 0 Å². The second-order valence-corrected chi connectivity index (χ2v) is 4.27. The van der Waals surface area contributed by atoms with E-state index in [4.69, 9.17) is 17.3 Å². The maximum absolute atomic E-state index is 12.0. The van der Waals surface area contributed by atoms with Crippen molar-refractivity contribution in [3.05, 3.63) is 34.9 Å². The molecule has 1 aromatic rings. The number of hydrogen-bond donors (Lipinski definition) is 2. The van der Waals surface area contributed by atoms with E-state index in [0.29, 0.717) is 18.0 Å². The Hall–Kier alpha value is -1.20. The molecule has 0 heterocycles. The molecule has 0 spiro atoms. The monoisotopic (exact) mass is 276 g/mol. The number of amides is 1. The van der Waals surface area contributed by atoms with E-state index in [1.165, 1.54) is 0 Å². The quantitative estimate of drug-likeness (QED) is 0.835. The average Bonchev–Trinajstić information content (AvgIpc) is 2.30. The molecular formula is C12H15ClF2N2O. The zero-order chi connectivity index (χ0) is 13.5. The van der Waals surface area contributed by atoms with Crippen LogP contribution in [0, 0.1) is 0 Å². The van der Waals surface area contributed by atoms with Gasteiger partial charge in [-0.05, 0) is 18.1 Å². The van der Waals surface area contributed by atoms with E-state index in [2.05, 4.69) is 5.32 Å². The van der Waals surface area contributed by atoms with Crippen LogP contribution in [0.5, 0.6) is 0 Å². The molecular weight excluding hydrogens is 262 g/mol. The third kappa shape index (κ3) is 4.98. The van der Waals surface area contributed by atoms with Crippen LogP contribution in [0.3, 0.4) is 0 Å². The Kier molecular flexibility index (Phi) is 6.01. The summed E-state index contributed by atoms with van der Waals surface area (Å²) in [6.07, 6.45) is -2.67. The summed E-state index contributed by atoms with van der Waals surface area (Å²) >= 11 is 5.93. The van der Waals surface area contributed by atoms with Crippen molar-refractivity contribution in [2.24, 2.45) is 5.73 Å². The number of hydrogen-bond acceptors (Lipinski definition) is 2. The first-order chi connectivity index (χ1) is 8.50. The van der Waals surface area contributed by atoms with Gasteiger partial charge in [0.2, 0.25) is 12.3 Å². The highest BCUT2D eigenvalue weighted by atomic mass is 35.5. The van der Waals surface area contributed by atoms with Gasteiger partial charge in [-0.25, -0.2) is 8.78 Å². The molecule has 1 atom stereocenters. The standard InChI is InChI=1S/C12H15ClF2N2O/c13-9-4-2-1-3-8(9)5-6-17-12(18)10(16)7-11(14)15/h1-4,10-11H,5-7,16H2,(H,17,18)/t10-/m0/s1. The molecule has 0 aromatic heterocycles. The van der Waals surface area contributed by atoms with E-state index in [1.807, 2.05) is 18.2 Å². The van der Waals surface area contributed by atoms with E-state index in [9.17, 15) is 13.6 Å². The van der Waals surface area contributed by atoms with Crippen LogP contribution in [0.15, 0.2) is 24.3 Å². The number of halogens is 3. The molecule has 18 heavy (non-hydrogen) atoms. The number of carbonyl (C=O) groups is 1. The Morgan fingerprint density at radius 3 is 2.67 bits per heavy atom. The fraction of sp³-hybridized carbons (Fsp3) is 0.417. The fourth-order valence-electron chi connectivity index (χ4n) is 1.45. The predicted molar refractivity (Wildman–Crippen MR) is 66.8 cm³/mol. The summed E-state index contributed by atoms with van der Waals surface area (Å²) in [7, 11) is 0. The predicted octanol–water partition coefficient (Wildman–Crippen LogP) is 1.98. The van der Waals surface area contributed by atoms with Gasteiger partial charge in [-0.15, -0.1) is 0 Å². The van der Waals surface area contributed by atoms with Crippen molar-refractivity contribution in [3.8, 4) is 0 Å². The molecule has 100 valence electrons. The summed E-state index contributed by atoms with van der Waals surface area (Å²) in [6, 6.07) is 6.07. The summed E-state index contributed by atoms with van der Waals surface area (Å²) in [4.78, 5) is 11.4. The molecule has 0 fully saturated rings. The highest BCUT2D eigenvalue weighted by molar-refractivity contribution is 6.31. The van der Waals surface area contributed by atoms with Gasteiger partial charge in [-0.3, -0.25) is 4.79 Å². The Bertz CT molecular complexity index is 401. The first kappa shape index (κ1) is 14.9. The summed E-state index contributed by atoms with van der Waals surface area (Å²) in [5.41, 5.74) is 6.20. The molecule has 3 nitrogen and oxygen atoms in total. The summed E-state index contributed by atoms with van der Waals surface area (Å²) in [5, 5.41) is 3.12. The molecule has 0 aliphatic heterocycles. The Morgan fingerprint density at radius 2 is 2.06 bits per heavy atom. The molecule has 0 saturated heterocycles. The van der Waals surface area contributed by atoms with Crippen molar-refractivity contribution in [2.45, 2.75) is 25.3 Å². The van der Waals surface area contributed by atoms with Crippen LogP contribution in [0.25, 0.3) is 0 Å². The van der Waals surface area contributed by atoms with Crippen LogP contribution >= 0.6 is 11.6 Å². The molecule has 0 aliphatic carbocycles. The van der Waals surface area contributed by atoms with E-state index in [0.717, 1.165) is 5.56 Å². The number of alkyl halides is 2. The van der Waals surface area contributed by atoms with Gasteiger partial charge in [-0.2, -0.15) is 0 Å². The van der Waals surface area contributed by atoms with Crippen molar-refractivity contribution in [3.63, 3.8) is 0 Å². The maximum Gasteiger partial charge on any atom is 0.240 e. The first-order valence-corrected chi connectivity index (χ1v) is 5.93. The van der Waals surface area contributed by atoms with Crippen LogP contribution in [0.4, 0.5) is 8.78 Å². The van der Waals surface area contributed by atoms with Gasteiger partial charge in [-0.1, -0.05) is 29.8 Å². The van der Waals surface area contributed by atoms with Crippen molar-refractivity contribution in [1.29, 1.82) is 0 Å². The van der Waals surface area contributed by atoms with Crippen molar-refractivity contribution in [1.82, 2.24) is 5.32 Å². The van der Waals surface area contributed by atoms with Crippen molar-refractivity contribution in [2.75, 3.05) is 6.54 Å². The Morgan fingerprint density at radius 1 is 1.39 bits per heavy atom. The van der Waals surface area contributed by atoms with Gasteiger partial charge < -0.3 is 11.1 Å². The number of benzene rings is 1. The van der Waals surface area contributed by atoms with Crippen LogP contribution in [0.2, 0.25) is 5.02 Å². The lowest BCUT2D eigenvalue weighted by atomic mass is 10.1. The average molecular weight is 277 g/mol. The molecule has 0 saturated carbocycles. The van der Waals surface area contributed by atoms with Gasteiger partial charge >= 0.3 is 0 Å². The van der Waals surface area contributed by atoms with Crippen molar-refractivity contribution >= 4 is 17.5 Å². The van der Waals surface area contributed by atoms with Crippen LogP contribution < -0.4 is 11.1 Å². The lowest BCUT2D eigenvalue weighted by molar-refractivity contribution is -0.123. The van der Waals surface area contributed by atoms with Crippen LogP contribution in [-0.4, -0.2) is 24.9 Å². The van der Waals surface area contributed by atoms with Gasteiger partial charge in [0.15, 0.2) is 0 Å². The molecule has 0 radical (unpaired) electrons. The van der Waals surface area contributed by atoms with E-state index >= 15 is 0 Å². The van der Waals surface area contributed by atoms with E-state index < -0.39 is 24.8 Å². The second kappa shape index (κ2) is 7.28. The van der Waals surface area contributed by atoms with Crippen LogP contribution in [0.1, 0.15) is 12.0 Å². The molecule has 1 amide bonds. The molecule has 1 rings (SSSR count). The second-order valence-electron chi connectivity index (χ2n) is 3.87. The highest BCUT2D eigenvalue weighted by Gasteiger charge is 2.17. The summed E-state index contributed by atoms with van der Waals surface area (Å²) in [5.74, 6) is -0.567. The lowest BCUT2D eigenvalue weighted by Crippen LogP contribution is -2.42. The largest absolute Gasteiger partial charge is 0.354 e. The molecule has 6 heteroatoms. The van der Waals surface area contributed by atoms with Gasteiger partial charge in [0, 0.05) is 18.0 Å². The summed E-state index contributed by atoms with van der Waals surface area (Å²) < 4.78 is 24.0. The fourth-order valence-corrected chi connectivity index (χ4v) is 1.68. The topological polar surface area (TPSA) is 55.1 Å². The third-order valence-electron chi connectivity index (χ3n) is 2.42. The first-order valence-electron chi connectivity index (χ1n) is 5.55. The SMILES string of the molecule is N[C@@H](CC(F)F)C(=O)NCCc1ccccc1Cl. The Labute approximate surface area is 109 Å². The minimum atomic E-state index is -2.57. The van der Waals surface area contributed by atoms with E-state index in [-0.39, 0.29) is 0 Å². The minimum Gasteiger partial charge on any atom is -0.354 e. The van der Waals surface area contributed by atoms with Crippen LogP contribution in [-0.2, 0) is 11.2 Å². The number of nitrogens with one attached hydrogen (secondary N) is 1. The molecule has 3 N–H and O–H groups in total. The van der Waals surface area contributed by atoms with Crippen molar-refractivity contribution < 1.29 is 13.6 Å². The normalized spacial score (nSPS) is 12.5. The van der Waals surface area contributed by atoms with Gasteiger partial charge in [0.05, 0.1) is 6.04 Å². The van der Waals surface area contributed by atoms with Gasteiger partial charge in [0.1, 0.15) is 0 Å². The maximum atomic E-state index is 12.0. The third-order valence-corrected chi connectivity index (χ3v) is 2.79. The van der Waals surface area contributed by atoms with E-state index in [1.54, 1.807) is 6.07 Å².